The number of rotatable bonds is 4. The number of hydrogen-bond donors (Lipinski definition) is 1. The van der Waals surface area contributed by atoms with E-state index in [-0.39, 0.29) is 30.0 Å². The number of H-pyrrole nitrogens is 1. The summed E-state index contributed by atoms with van der Waals surface area (Å²) in [6.45, 7) is 3.87. The molecule has 1 aromatic heterocycles. The molecular formula is C15H20N2O4. The third-order valence-electron chi connectivity index (χ3n) is 3.76. The van der Waals surface area contributed by atoms with Gasteiger partial charge >= 0.3 is 5.97 Å². The number of Topliss-reactive ketones (excluding diaryl/α,β-unsaturated/α-hetero) is 1. The molecule has 1 aliphatic rings. The van der Waals surface area contributed by atoms with Crippen LogP contribution in [0.15, 0.2) is 12.3 Å². The average molecular weight is 292 g/mol. The van der Waals surface area contributed by atoms with Gasteiger partial charge in [-0.1, -0.05) is 0 Å². The van der Waals surface area contributed by atoms with Crippen LogP contribution in [0.2, 0.25) is 0 Å². The van der Waals surface area contributed by atoms with Gasteiger partial charge in [0, 0.05) is 24.3 Å². The first-order chi connectivity index (χ1) is 9.99. The highest BCUT2D eigenvalue weighted by molar-refractivity contribution is 5.97. The second-order valence-corrected chi connectivity index (χ2v) is 5.37. The number of aromatic amines is 1. The summed E-state index contributed by atoms with van der Waals surface area (Å²) >= 11 is 0. The van der Waals surface area contributed by atoms with E-state index in [9.17, 15) is 14.4 Å². The highest BCUT2D eigenvalue weighted by atomic mass is 16.5. The summed E-state index contributed by atoms with van der Waals surface area (Å²) < 4.78 is 5.01. The molecule has 6 heteroatoms. The minimum atomic E-state index is -0.625. The van der Waals surface area contributed by atoms with Crippen molar-refractivity contribution in [3.8, 4) is 0 Å². The van der Waals surface area contributed by atoms with Crippen LogP contribution in [-0.2, 0) is 9.53 Å². The number of likely N-dealkylation sites (tertiary alicyclic amines) is 1. The fraction of sp³-hybridized carbons (Fsp3) is 0.533. The molecule has 114 valence electrons. The van der Waals surface area contributed by atoms with E-state index >= 15 is 0 Å². The summed E-state index contributed by atoms with van der Waals surface area (Å²) in [5.41, 5.74) is 0.595. The Morgan fingerprint density at radius 2 is 2.14 bits per heavy atom. The maximum Gasteiger partial charge on any atom is 0.355 e. The molecule has 1 amide bonds. The number of ether oxygens (including phenoxy) is 1. The van der Waals surface area contributed by atoms with Gasteiger partial charge in [-0.25, -0.2) is 4.79 Å². The third kappa shape index (κ3) is 3.71. The summed E-state index contributed by atoms with van der Waals surface area (Å²) in [5.74, 6) is -0.932. The van der Waals surface area contributed by atoms with Gasteiger partial charge in [0.05, 0.1) is 0 Å². The molecule has 1 N–H and O–H groups in total. The first kappa shape index (κ1) is 15.3. The molecule has 1 fully saturated rings. The minimum Gasteiger partial charge on any atom is -0.451 e. The van der Waals surface area contributed by atoms with Crippen molar-refractivity contribution in [2.75, 3.05) is 13.2 Å². The Kier molecular flexibility index (Phi) is 4.77. The number of esters is 1. The van der Waals surface area contributed by atoms with Crippen molar-refractivity contribution in [1.82, 2.24) is 9.88 Å². The van der Waals surface area contributed by atoms with Crippen LogP contribution >= 0.6 is 0 Å². The van der Waals surface area contributed by atoms with E-state index in [1.807, 2.05) is 6.92 Å². The molecule has 0 aliphatic carbocycles. The van der Waals surface area contributed by atoms with Crippen molar-refractivity contribution >= 4 is 17.7 Å². The Morgan fingerprint density at radius 1 is 1.38 bits per heavy atom. The Morgan fingerprint density at radius 3 is 2.76 bits per heavy atom. The van der Waals surface area contributed by atoms with Gasteiger partial charge in [-0.2, -0.15) is 0 Å². The van der Waals surface area contributed by atoms with E-state index in [2.05, 4.69) is 4.98 Å². The smallest absolute Gasteiger partial charge is 0.355 e. The maximum absolute atomic E-state index is 12.0. The predicted octanol–water partition coefficient (Wildman–Crippen LogP) is 1.78. The molecule has 2 rings (SSSR count). The number of ketones is 1. The van der Waals surface area contributed by atoms with Gasteiger partial charge in [-0.15, -0.1) is 0 Å². The van der Waals surface area contributed by atoms with Crippen molar-refractivity contribution in [2.45, 2.75) is 39.2 Å². The molecule has 1 saturated heterocycles. The number of piperidine rings is 1. The number of carbonyl (C=O) groups is 3. The van der Waals surface area contributed by atoms with E-state index in [1.165, 1.54) is 19.2 Å². The Hall–Kier alpha value is -2.11. The minimum absolute atomic E-state index is 0.136. The van der Waals surface area contributed by atoms with Crippen molar-refractivity contribution in [1.29, 1.82) is 0 Å². The van der Waals surface area contributed by atoms with Gasteiger partial charge in [0.2, 0.25) is 0 Å². The lowest BCUT2D eigenvalue weighted by Gasteiger charge is -2.33. The second-order valence-electron chi connectivity index (χ2n) is 5.37. The van der Waals surface area contributed by atoms with Crippen LogP contribution in [0.25, 0.3) is 0 Å². The lowest BCUT2D eigenvalue weighted by molar-refractivity contribution is -0.137. The normalized spacial score (nSPS) is 18.4. The van der Waals surface area contributed by atoms with Crippen LogP contribution in [0.4, 0.5) is 0 Å². The van der Waals surface area contributed by atoms with Crippen molar-refractivity contribution in [3.63, 3.8) is 0 Å². The molecule has 1 aromatic rings. The first-order valence-electron chi connectivity index (χ1n) is 7.15. The molecule has 0 saturated carbocycles. The molecule has 0 spiro atoms. The molecule has 0 radical (unpaired) electrons. The number of nitrogens with zero attached hydrogens (tertiary/aromatic N) is 1. The second kappa shape index (κ2) is 6.56. The monoisotopic (exact) mass is 292 g/mol. The van der Waals surface area contributed by atoms with Gasteiger partial charge in [0.25, 0.3) is 5.91 Å². The van der Waals surface area contributed by atoms with Gasteiger partial charge in [-0.3, -0.25) is 9.59 Å². The number of nitrogens with one attached hydrogen (secondary N) is 1. The van der Waals surface area contributed by atoms with E-state index < -0.39 is 5.97 Å². The van der Waals surface area contributed by atoms with Gasteiger partial charge in [-0.05, 0) is 39.2 Å². The zero-order valence-electron chi connectivity index (χ0n) is 12.3. The number of aromatic nitrogens is 1. The quantitative estimate of drug-likeness (QED) is 0.677. The first-order valence-corrected chi connectivity index (χ1v) is 7.15. The zero-order valence-corrected chi connectivity index (χ0v) is 12.3. The van der Waals surface area contributed by atoms with Crippen molar-refractivity contribution in [3.05, 3.63) is 23.5 Å². The van der Waals surface area contributed by atoms with Crippen molar-refractivity contribution < 1.29 is 19.1 Å². The Balaban J connectivity index is 1.88. The maximum atomic E-state index is 12.0. The Bertz CT molecular complexity index is 550. The molecule has 0 bridgehead atoms. The average Bonchev–Trinajstić information content (AvgIpc) is 2.95. The zero-order chi connectivity index (χ0) is 15.4. The van der Waals surface area contributed by atoms with Gasteiger partial charge in [0.15, 0.2) is 12.4 Å². The summed E-state index contributed by atoms with van der Waals surface area (Å²) in [7, 11) is 0. The number of amides is 1. The molecule has 1 aliphatic heterocycles. The lowest BCUT2D eigenvalue weighted by Crippen LogP contribution is -2.44. The molecular weight excluding hydrogens is 272 g/mol. The molecule has 6 nitrogen and oxygen atoms in total. The van der Waals surface area contributed by atoms with Crippen LogP contribution in [0, 0.1) is 0 Å². The molecule has 21 heavy (non-hydrogen) atoms. The standard InChI is InChI=1S/C15H20N2O4/c1-10-5-3-4-6-17(10)14(19)9-21-15(20)13-7-12(8-16-13)11(2)18/h7-8,10,16H,3-6,9H2,1-2H3/t10-/m0/s1. The number of hydrogen-bond acceptors (Lipinski definition) is 4. The predicted molar refractivity (Wildman–Crippen MR) is 76.1 cm³/mol. The molecule has 0 aromatic carbocycles. The van der Waals surface area contributed by atoms with E-state index in [4.69, 9.17) is 4.74 Å². The van der Waals surface area contributed by atoms with Gasteiger partial charge < -0.3 is 14.6 Å². The Labute approximate surface area is 123 Å². The van der Waals surface area contributed by atoms with Gasteiger partial charge in [0.1, 0.15) is 5.69 Å². The van der Waals surface area contributed by atoms with E-state index in [0.717, 1.165) is 19.3 Å². The fourth-order valence-electron chi connectivity index (χ4n) is 2.47. The SMILES string of the molecule is CC(=O)c1c[nH]c(C(=O)OCC(=O)N2CCCC[C@@H]2C)c1. The van der Waals surface area contributed by atoms with E-state index in [1.54, 1.807) is 4.90 Å². The highest BCUT2D eigenvalue weighted by Crippen LogP contribution is 2.16. The van der Waals surface area contributed by atoms with Crippen LogP contribution in [0.5, 0.6) is 0 Å². The highest BCUT2D eigenvalue weighted by Gasteiger charge is 2.24. The number of carbonyl (C=O) groups excluding carboxylic acids is 3. The molecule has 0 unspecified atom stereocenters. The van der Waals surface area contributed by atoms with Crippen LogP contribution < -0.4 is 0 Å². The van der Waals surface area contributed by atoms with Crippen LogP contribution in [-0.4, -0.2) is 46.7 Å². The largest absolute Gasteiger partial charge is 0.451 e. The third-order valence-corrected chi connectivity index (χ3v) is 3.76. The summed E-state index contributed by atoms with van der Waals surface area (Å²) in [6, 6.07) is 1.62. The summed E-state index contributed by atoms with van der Waals surface area (Å²) in [4.78, 5) is 39.4. The van der Waals surface area contributed by atoms with Crippen LogP contribution in [0.1, 0.15) is 54.0 Å². The topological polar surface area (TPSA) is 79.5 Å². The van der Waals surface area contributed by atoms with Crippen molar-refractivity contribution in [2.24, 2.45) is 0 Å². The summed E-state index contributed by atoms with van der Waals surface area (Å²) in [5, 5.41) is 0. The fourth-order valence-corrected chi connectivity index (χ4v) is 2.47. The van der Waals surface area contributed by atoms with E-state index in [0.29, 0.717) is 12.1 Å². The molecule has 2 heterocycles. The lowest BCUT2D eigenvalue weighted by atomic mass is 10.0. The summed E-state index contributed by atoms with van der Waals surface area (Å²) in [6.07, 6.45) is 4.55. The van der Waals surface area contributed by atoms with Crippen LogP contribution in [0.3, 0.4) is 0 Å². The molecule has 1 atom stereocenters.